The summed E-state index contributed by atoms with van der Waals surface area (Å²) in [5.74, 6) is 0.757. The summed E-state index contributed by atoms with van der Waals surface area (Å²) in [6.07, 6.45) is 0. The average Bonchev–Trinajstić information content (AvgIpc) is 2.61. The molecule has 132 valence electrons. The summed E-state index contributed by atoms with van der Waals surface area (Å²) >= 11 is 0. The highest BCUT2D eigenvalue weighted by atomic mass is 16.1. The van der Waals surface area contributed by atoms with Gasteiger partial charge in [-0.2, -0.15) is 5.10 Å². The van der Waals surface area contributed by atoms with Gasteiger partial charge in [0.1, 0.15) is 0 Å². The average molecular weight is 338 g/mol. The molecule has 0 radical (unpaired) electrons. The Balaban J connectivity index is 0.000000316. The van der Waals surface area contributed by atoms with Gasteiger partial charge in [0.2, 0.25) is 0 Å². The van der Waals surface area contributed by atoms with Crippen molar-refractivity contribution in [3.05, 3.63) is 71.0 Å². The van der Waals surface area contributed by atoms with Gasteiger partial charge in [-0.25, -0.2) is 4.68 Å². The van der Waals surface area contributed by atoms with E-state index in [-0.39, 0.29) is 11.6 Å². The molecule has 0 saturated heterocycles. The fraction of sp³-hybridized carbons (Fsp3) is 0.300. The SMILES string of the molecule is CC(CN(C)C)Nc1nn(C)c(=O)c2ccccc12.c1ccccc1. The van der Waals surface area contributed by atoms with E-state index >= 15 is 0 Å². The Hall–Kier alpha value is -2.66. The van der Waals surface area contributed by atoms with E-state index < -0.39 is 0 Å². The van der Waals surface area contributed by atoms with Gasteiger partial charge < -0.3 is 10.2 Å². The second kappa shape index (κ2) is 8.99. The molecule has 1 atom stereocenters. The number of anilines is 1. The number of benzene rings is 2. The number of hydrogen-bond donors (Lipinski definition) is 1. The second-order valence-corrected chi connectivity index (χ2v) is 6.29. The lowest BCUT2D eigenvalue weighted by Crippen LogP contribution is -2.31. The second-order valence-electron chi connectivity index (χ2n) is 6.29. The molecule has 3 rings (SSSR count). The predicted octanol–water partition coefficient (Wildman–Crippen LogP) is 2.98. The smallest absolute Gasteiger partial charge is 0.274 e. The van der Waals surface area contributed by atoms with Crippen LogP contribution < -0.4 is 10.9 Å². The van der Waals surface area contributed by atoms with E-state index in [2.05, 4.69) is 22.2 Å². The van der Waals surface area contributed by atoms with Gasteiger partial charge in [0.05, 0.1) is 5.39 Å². The summed E-state index contributed by atoms with van der Waals surface area (Å²) in [4.78, 5) is 14.1. The van der Waals surface area contributed by atoms with Crippen LogP contribution in [0.4, 0.5) is 5.82 Å². The molecule has 5 heteroatoms. The van der Waals surface area contributed by atoms with Crippen molar-refractivity contribution in [3.63, 3.8) is 0 Å². The maximum atomic E-state index is 12.0. The molecule has 0 bridgehead atoms. The van der Waals surface area contributed by atoms with Crippen molar-refractivity contribution < 1.29 is 0 Å². The number of aromatic nitrogens is 2. The van der Waals surface area contributed by atoms with Gasteiger partial charge in [-0.1, -0.05) is 54.6 Å². The largest absolute Gasteiger partial charge is 0.364 e. The van der Waals surface area contributed by atoms with E-state index in [4.69, 9.17) is 0 Å². The minimum absolute atomic E-state index is 0.0681. The maximum Gasteiger partial charge on any atom is 0.274 e. The predicted molar refractivity (Wildman–Crippen MR) is 105 cm³/mol. The van der Waals surface area contributed by atoms with Crippen LogP contribution in [0.2, 0.25) is 0 Å². The van der Waals surface area contributed by atoms with Crippen LogP contribution in [0, 0.1) is 0 Å². The van der Waals surface area contributed by atoms with Crippen LogP contribution in [0.3, 0.4) is 0 Å². The van der Waals surface area contributed by atoms with E-state index in [0.29, 0.717) is 5.39 Å². The third-order valence-electron chi connectivity index (χ3n) is 3.65. The standard InChI is InChI=1S/C14H20N4O.C6H6/c1-10(9-17(2)3)15-13-11-7-5-6-8-12(11)14(19)18(4)16-13;1-2-4-6-5-3-1/h5-8,10H,9H2,1-4H3,(H,15,16);1-6H. The molecule has 3 aromatic rings. The molecule has 5 nitrogen and oxygen atoms in total. The van der Waals surface area contributed by atoms with Crippen LogP contribution in [0.5, 0.6) is 0 Å². The van der Waals surface area contributed by atoms with Crippen LogP contribution in [0.15, 0.2) is 65.5 Å². The van der Waals surface area contributed by atoms with Gasteiger partial charge in [0, 0.05) is 25.0 Å². The van der Waals surface area contributed by atoms with Crippen molar-refractivity contribution in [2.75, 3.05) is 26.0 Å². The molecule has 0 aliphatic heterocycles. The quantitative estimate of drug-likeness (QED) is 0.794. The first-order valence-corrected chi connectivity index (χ1v) is 8.36. The van der Waals surface area contributed by atoms with Crippen LogP contribution >= 0.6 is 0 Å². The Kier molecular flexibility index (Phi) is 6.71. The Morgan fingerprint density at radius 2 is 1.52 bits per heavy atom. The lowest BCUT2D eigenvalue weighted by atomic mass is 10.2. The Bertz CT molecular complexity index is 816. The summed E-state index contributed by atoms with van der Waals surface area (Å²) in [7, 11) is 5.74. The lowest BCUT2D eigenvalue weighted by molar-refractivity contribution is 0.391. The molecule has 1 aromatic heterocycles. The zero-order chi connectivity index (χ0) is 18.2. The Morgan fingerprint density at radius 3 is 2.04 bits per heavy atom. The van der Waals surface area contributed by atoms with Gasteiger partial charge in [0.15, 0.2) is 5.82 Å². The number of likely N-dealkylation sites (N-methyl/N-ethyl adjacent to an activating group) is 1. The number of nitrogens with one attached hydrogen (secondary N) is 1. The highest BCUT2D eigenvalue weighted by Crippen LogP contribution is 2.18. The van der Waals surface area contributed by atoms with Crippen LogP contribution in [0.25, 0.3) is 10.8 Å². The topological polar surface area (TPSA) is 50.2 Å². The van der Waals surface area contributed by atoms with Crippen molar-refractivity contribution in [3.8, 4) is 0 Å². The molecular formula is C20H26N4O. The summed E-state index contributed by atoms with van der Waals surface area (Å²) < 4.78 is 1.38. The van der Waals surface area contributed by atoms with Gasteiger partial charge in [-0.3, -0.25) is 4.79 Å². The highest BCUT2D eigenvalue weighted by Gasteiger charge is 2.11. The van der Waals surface area contributed by atoms with Crippen LogP contribution in [-0.4, -0.2) is 41.4 Å². The normalized spacial score (nSPS) is 11.7. The summed E-state index contributed by atoms with van der Waals surface area (Å²) in [5, 5.41) is 9.26. The van der Waals surface area contributed by atoms with E-state index in [1.807, 2.05) is 74.8 Å². The third kappa shape index (κ3) is 5.43. The number of hydrogen-bond acceptors (Lipinski definition) is 4. The minimum Gasteiger partial charge on any atom is -0.364 e. The molecule has 0 aliphatic rings. The number of fused-ring (bicyclic) bond motifs is 1. The first-order chi connectivity index (χ1) is 12.0. The molecule has 25 heavy (non-hydrogen) atoms. The van der Waals surface area contributed by atoms with E-state index in [9.17, 15) is 4.79 Å². The fourth-order valence-electron chi connectivity index (χ4n) is 2.62. The molecule has 0 saturated carbocycles. The number of nitrogens with zero attached hydrogens (tertiary/aromatic N) is 3. The van der Waals surface area contributed by atoms with E-state index in [1.54, 1.807) is 7.05 Å². The summed E-state index contributed by atoms with van der Waals surface area (Å²) in [6, 6.07) is 19.8. The molecule has 0 spiro atoms. The summed E-state index contributed by atoms with van der Waals surface area (Å²) in [6.45, 7) is 3.00. The molecule has 0 amide bonds. The molecular weight excluding hydrogens is 312 g/mol. The van der Waals surface area contributed by atoms with Crippen molar-refractivity contribution in [2.24, 2.45) is 7.05 Å². The minimum atomic E-state index is -0.0681. The van der Waals surface area contributed by atoms with Crippen molar-refractivity contribution >= 4 is 16.6 Å². The Labute approximate surface area is 148 Å². The van der Waals surface area contributed by atoms with Crippen molar-refractivity contribution in [2.45, 2.75) is 13.0 Å². The van der Waals surface area contributed by atoms with Crippen LogP contribution in [-0.2, 0) is 7.05 Å². The monoisotopic (exact) mass is 338 g/mol. The van der Waals surface area contributed by atoms with Gasteiger partial charge in [-0.05, 0) is 27.1 Å². The highest BCUT2D eigenvalue weighted by molar-refractivity contribution is 5.90. The number of aryl methyl sites for hydroxylation is 1. The van der Waals surface area contributed by atoms with Crippen LogP contribution in [0.1, 0.15) is 6.92 Å². The molecule has 1 unspecified atom stereocenters. The lowest BCUT2D eigenvalue weighted by Gasteiger charge is -2.20. The van der Waals surface area contributed by atoms with Gasteiger partial charge >= 0.3 is 0 Å². The van der Waals surface area contributed by atoms with Gasteiger partial charge in [0.25, 0.3) is 5.56 Å². The summed E-state index contributed by atoms with van der Waals surface area (Å²) in [5.41, 5.74) is -0.0681. The van der Waals surface area contributed by atoms with Gasteiger partial charge in [-0.15, -0.1) is 0 Å². The first kappa shape index (κ1) is 18.7. The van der Waals surface area contributed by atoms with Crippen molar-refractivity contribution in [1.29, 1.82) is 0 Å². The Morgan fingerprint density at radius 1 is 1.00 bits per heavy atom. The molecule has 0 aliphatic carbocycles. The molecule has 0 fully saturated rings. The molecule has 1 heterocycles. The van der Waals surface area contributed by atoms with Crippen molar-refractivity contribution in [1.82, 2.24) is 14.7 Å². The van der Waals surface area contributed by atoms with E-state index in [0.717, 1.165) is 17.7 Å². The van der Waals surface area contributed by atoms with E-state index in [1.165, 1.54) is 4.68 Å². The first-order valence-electron chi connectivity index (χ1n) is 8.36. The zero-order valence-electron chi connectivity index (χ0n) is 15.3. The molecule has 1 N–H and O–H groups in total. The maximum absolute atomic E-state index is 12.0. The number of rotatable bonds is 4. The fourth-order valence-corrected chi connectivity index (χ4v) is 2.62. The molecule has 2 aromatic carbocycles. The third-order valence-corrected chi connectivity index (χ3v) is 3.65. The zero-order valence-corrected chi connectivity index (χ0v) is 15.3.